The molecule has 0 aromatic heterocycles. The highest BCUT2D eigenvalue weighted by Gasteiger charge is 2.22. The fraction of sp³-hybridized carbons (Fsp3) is 1.00. The number of rotatable bonds is 23. The molecule has 198 valence electrons. The Morgan fingerprint density at radius 1 is 0.312 bits per heavy atom. The largest absolute Gasteiger partial charge is 1.00 e. The summed E-state index contributed by atoms with van der Waals surface area (Å²) >= 11 is 0. The highest BCUT2D eigenvalue weighted by atomic mass is 79.9. The molecule has 0 saturated heterocycles. The van der Waals surface area contributed by atoms with Gasteiger partial charge in [0.1, 0.15) is 13.1 Å². The Labute approximate surface area is 226 Å². The molecule has 0 aliphatic rings. The van der Waals surface area contributed by atoms with E-state index in [2.05, 4.69) is 42.0 Å². The van der Waals surface area contributed by atoms with Crippen LogP contribution in [-0.4, -0.2) is 63.3 Å². The second kappa shape index (κ2) is 25.0. The molecule has 4 heteroatoms. The summed E-state index contributed by atoms with van der Waals surface area (Å²) in [5, 5.41) is 0. The van der Waals surface area contributed by atoms with Crippen LogP contribution in [0.1, 0.15) is 129 Å². The van der Waals surface area contributed by atoms with Gasteiger partial charge in [-0.3, -0.25) is 0 Å². The Kier molecular flexibility index (Phi) is 29.2. The van der Waals surface area contributed by atoms with E-state index in [4.69, 9.17) is 0 Å². The summed E-state index contributed by atoms with van der Waals surface area (Å²) in [4.78, 5) is 0. The molecule has 0 saturated carbocycles. The number of nitrogens with zero attached hydrogens (tertiary/aromatic N) is 2. The quantitative estimate of drug-likeness (QED) is 0.127. The highest BCUT2D eigenvalue weighted by Crippen LogP contribution is 2.13. The smallest absolute Gasteiger partial charge is 0.128 e. The van der Waals surface area contributed by atoms with Crippen molar-refractivity contribution >= 4 is 0 Å². The maximum atomic E-state index is 2.45. The van der Waals surface area contributed by atoms with Crippen LogP contribution in [0.25, 0.3) is 0 Å². The second-order valence-corrected chi connectivity index (χ2v) is 11.4. The number of likely N-dealkylation sites (N-methyl/N-ethyl adjacent to an activating group) is 2. The molecule has 0 radical (unpaired) electrons. The van der Waals surface area contributed by atoms with Crippen molar-refractivity contribution in [2.75, 3.05) is 54.4 Å². The summed E-state index contributed by atoms with van der Waals surface area (Å²) in [6.45, 7) is 9.95. The fourth-order valence-corrected chi connectivity index (χ4v) is 4.47. The standard InChI is InChI=1S/C28H62N2.2BrH/c1-7-9-11-13-15-16-17-18-19-20-22-24-26-30(5,6)28-27-29(3,4)25-23-21-14-12-10-8-2;;/h7-28H2,1-6H3;2*1H/q+2;;/p-2. The molecule has 0 atom stereocenters. The van der Waals surface area contributed by atoms with Crippen LogP contribution in [0.4, 0.5) is 0 Å². The molecule has 0 amide bonds. The minimum absolute atomic E-state index is 0. The lowest BCUT2D eigenvalue weighted by Crippen LogP contribution is -3.00. The molecule has 32 heavy (non-hydrogen) atoms. The molecule has 0 rings (SSSR count). The van der Waals surface area contributed by atoms with Crippen LogP contribution in [0, 0.1) is 0 Å². The predicted molar refractivity (Wildman–Crippen MR) is 138 cm³/mol. The Hall–Kier alpha value is 0.880. The molecular weight excluding hydrogens is 524 g/mol. The zero-order valence-corrected chi connectivity index (χ0v) is 26.4. The van der Waals surface area contributed by atoms with Crippen molar-refractivity contribution in [3.05, 3.63) is 0 Å². The number of unbranched alkanes of at least 4 members (excludes halogenated alkanes) is 16. The van der Waals surface area contributed by atoms with Crippen molar-refractivity contribution in [2.45, 2.75) is 129 Å². The second-order valence-electron chi connectivity index (χ2n) is 11.4. The van der Waals surface area contributed by atoms with Gasteiger partial charge in [-0.05, 0) is 25.7 Å². The van der Waals surface area contributed by atoms with E-state index >= 15 is 0 Å². The van der Waals surface area contributed by atoms with Crippen molar-refractivity contribution in [1.82, 2.24) is 0 Å². The fourth-order valence-electron chi connectivity index (χ4n) is 4.47. The predicted octanol–water partition coefficient (Wildman–Crippen LogP) is 2.21. The van der Waals surface area contributed by atoms with E-state index < -0.39 is 0 Å². The summed E-state index contributed by atoms with van der Waals surface area (Å²) < 4.78 is 2.41. The average Bonchev–Trinajstić information content (AvgIpc) is 2.70. The first-order valence-corrected chi connectivity index (χ1v) is 14.0. The number of quaternary nitrogens is 2. The molecule has 0 unspecified atom stereocenters. The Balaban J connectivity index is -0.00000420. The van der Waals surface area contributed by atoms with Crippen molar-refractivity contribution in [3.8, 4) is 0 Å². The van der Waals surface area contributed by atoms with Crippen molar-refractivity contribution in [3.63, 3.8) is 0 Å². The SMILES string of the molecule is CCCCCCCCCCCCCC[N+](C)(C)CC[N+](C)(C)CCCCCCCC.[Br-].[Br-]. The van der Waals surface area contributed by atoms with Gasteiger partial charge in [-0.15, -0.1) is 0 Å². The average molecular weight is 587 g/mol. The summed E-state index contributed by atoms with van der Waals surface area (Å²) in [5.74, 6) is 0. The summed E-state index contributed by atoms with van der Waals surface area (Å²) in [5.41, 5.74) is 0. The first-order valence-electron chi connectivity index (χ1n) is 14.0. The summed E-state index contributed by atoms with van der Waals surface area (Å²) in [7, 11) is 9.78. The van der Waals surface area contributed by atoms with Crippen LogP contribution in [0.2, 0.25) is 0 Å². The molecule has 0 fully saturated rings. The number of hydrogen-bond donors (Lipinski definition) is 0. The third-order valence-electron chi connectivity index (χ3n) is 7.04. The van der Waals surface area contributed by atoms with E-state index in [9.17, 15) is 0 Å². The van der Waals surface area contributed by atoms with E-state index in [1.165, 1.54) is 151 Å². The van der Waals surface area contributed by atoms with E-state index in [0.717, 1.165) is 0 Å². The molecule has 0 aliphatic heterocycles. The molecular formula is C28H62Br2N2. The lowest BCUT2D eigenvalue weighted by atomic mass is 10.1. The van der Waals surface area contributed by atoms with Crippen molar-refractivity contribution < 1.29 is 42.9 Å². The van der Waals surface area contributed by atoms with Gasteiger partial charge in [0.2, 0.25) is 0 Å². The van der Waals surface area contributed by atoms with Crippen molar-refractivity contribution in [2.24, 2.45) is 0 Å². The van der Waals surface area contributed by atoms with Gasteiger partial charge in [0, 0.05) is 0 Å². The van der Waals surface area contributed by atoms with E-state index in [-0.39, 0.29) is 34.0 Å². The number of hydrogen-bond acceptors (Lipinski definition) is 0. The van der Waals surface area contributed by atoms with E-state index in [0.29, 0.717) is 0 Å². The third kappa shape index (κ3) is 27.1. The van der Waals surface area contributed by atoms with Gasteiger partial charge in [-0.1, -0.05) is 104 Å². The van der Waals surface area contributed by atoms with Gasteiger partial charge in [0.25, 0.3) is 0 Å². The van der Waals surface area contributed by atoms with Gasteiger partial charge in [0.05, 0.1) is 41.3 Å². The van der Waals surface area contributed by atoms with Crippen LogP contribution >= 0.6 is 0 Å². The lowest BCUT2D eigenvalue weighted by Gasteiger charge is -2.36. The molecule has 0 bridgehead atoms. The maximum absolute atomic E-state index is 2.45. The summed E-state index contributed by atoms with van der Waals surface area (Å²) in [6.07, 6.45) is 25.9. The van der Waals surface area contributed by atoms with E-state index in [1.54, 1.807) is 0 Å². The summed E-state index contributed by atoms with van der Waals surface area (Å²) in [6, 6.07) is 0. The molecule has 0 N–H and O–H groups in total. The zero-order chi connectivity index (χ0) is 22.6. The first kappa shape index (κ1) is 37.4. The van der Waals surface area contributed by atoms with Crippen LogP contribution < -0.4 is 34.0 Å². The highest BCUT2D eigenvalue weighted by molar-refractivity contribution is 4.49. The van der Waals surface area contributed by atoms with Gasteiger partial charge in [-0.25, -0.2) is 0 Å². The van der Waals surface area contributed by atoms with Crippen molar-refractivity contribution in [1.29, 1.82) is 0 Å². The third-order valence-corrected chi connectivity index (χ3v) is 7.04. The molecule has 0 spiro atoms. The topological polar surface area (TPSA) is 0 Å². The number of halogens is 2. The zero-order valence-electron chi connectivity index (χ0n) is 23.2. The molecule has 2 nitrogen and oxygen atoms in total. The van der Waals surface area contributed by atoms with Crippen LogP contribution in [0.3, 0.4) is 0 Å². The van der Waals surface area contributed by atoms with Crippen LogP contribution in [0.15, 0.2) is 0 Å². The minimum Gasteiger partial charge on any atom is -1.00 e. The molecule has 0 aromatic rings. The Morgan fingerprint density at radius 2 is 0.531 bits per heavy atom. The minimum atomic E-state index is 0. The van der Waals surface area contributed by atoms with Gasteiger partial charge < -0.3 is 42.9 Å². The van der Waals surface area contributed by atoms with E-state index in [1.807, 2.05) is 0 Å². The van der Waals surface area contributed by atoms with Crippen LogP contribution in [0.5, 0.6) is 0 Å². The lowest BCUT2D eigenvalue weighted by molar-refractivity contribution is -0.946. The van der Waals surface area contributed by atoms with Gasteiger partial charge in [-0.2, -0.15) is 0 Å². The monoisotopic (exact) mass is 584 g/mol. The molecule has 0 heterocycles. The van der Waals surface area contributed by atoms with Gasteiger partial charge in [0.15, 0.2) is 0 Å². The maximum Gasteiger partial charge on any atom is 0.128 e. The molecule has 0 aliphatic carbocycles. The Bertz CT molecular complexity index is 359. The Morgan fingerprint density at radius 3 is 0.781 bits per heavy atom. The van der Waals surface area contributed by atoms with Crippen LogP contribution in [-0.2, 0) is 0 Å². The first-order chi connectivity index (χ1) is 14.3. The van der Waals surface area contributed by atoms with Gasteiger partial charge >= 0.3 is 0 Å². The normalized spacial score (nSPS) is 11.8. The molecule has 0 aromatic carbocycles.